The van der Waals surface area contributed by atoms with Gasteiger partial charge >= 0.3 is 0 Å². The molecule has 0 unspecified atom stereocenters. The van der Waals surface area contributed by atoms with Crippen LogP contribution in [0, 0.1) is 0 Å². The fourth-order valence-electron chi connectivity index (χ4n) is 4.09. The molecule has 0 heterocycles. The molecule has 0 saturated heterocycles. The lowest BCUT2D eigenvalue weighted by atomic mass is 10.1. The maximum Gasteiger partial charge on any atom is 0.297 e. The first kappa shape index (κ1) is 32.1. The molecule has 0 radical (unpaired) electrons. The molecule has 4 aromatic rings. The van der Waals surface area contributed by atoms with Gasteiger partial charge in [0.1, 0.15) is 31.7 Å². The number of azo groups is 2. The summed E-state index contributed by atoms with van der Waals surface area (Å²) in [5.74, 6) is -0.805. The first-order valence-corrected chi connectivity index (χ1v) is 16.0. The number of nitrogens with two attached hydrogens (primary N) is 1. The third-order valence-electron chi connectivity index (χ3n) is 5.69. The summed E-state index contributed by atoms with van der Waals surface area (Å²) in [6.45, 7) is 0. The van der Waals surface area contributed by atoms with Crippen LogP contribution in [-0.4, -0.2) is 56.3 Å². The number of anilines is 1. The molecule has 43 heavy (non-hydrogen) atoms. The molecule has 0 amide bonds. The number of hydrogen-bond acceptors (Lipinski definition) is 16. The van der Waals surface area contributed by atoms with Gasteiger partial charge in [-0.25, -0.2) is 5.26 Å². The lowest BCUT2D eigenvalue weighted by molar-refractivity contribution is -0.432. The zero-order valence-electron chi connectivity index (χ0n) is 21.0. The van der Waals surface area contributed by atoms with Crippen molar-refractivity contribution in [1.82, 2.24) is 0 Å². The quantitative estimate of drug-likeness (QED) is 0.0353. The second-order valence-corrected chi connectivity index (χ2v) is 13.1. The van der Waals surface area contributed by atoms with Crippen LogP contribution < -0.4 is 5.73 Å². The van der Waals surface area contributed by atoms with Crippen molar-refractivity contribution in [2.45, 2.75) is 19.6 Å². The summed E-state index contributed by atoms with van der Waals surface area (Å²) in [4.78, 5) is -2.58. The van der Waals surface area contributed by atoms with Crippen LogP contribution in [0.2, 0.25) is 0 Å². The molecule has 22 heteroatoms. The monoisotopic (exact) mass is 675 g/mol. The van der Waals surface area contributed by atoms with Crippen molar-refractivity contribution in [3.05, 3.63) is 42.5 Å². The highest BCUT2D eigenvalue weighted by Gasteiger charge is 2.27. The van der Waals surface area contributed by atoms with Crippen LogP contribution in [-0.2, 0) is 39.7 Å². The summed E-state index contributed by atoms with van der Waals surface area (Å²) in [6.07, 6.45) is 0. The van der Waals surface area contributed by atoms with Crippen LogP contribution in [0.4, 0.5) is 22.7 Å². The van der Waals surface area contributed by atoms with E-state index in [1.165, 1.54) is 7.05 Å². The Morgan fingerprint density at radius 2 is 1.49 bits per heavy atom. The Hall–Kier alpha value is -3.84. The summed E-state index contributed by atoms with van der Waals surface area (Å²) in [5.41, 5.74) is 3.97. The van der Waals surface area contributed by atoms with Crippen LogP contribution in [0.25, 0.3) is 21.5 Å². The van der Waals surface area contributed by atoms with Crippen LogP contribution in [0.3, 0.4) is 0 Å². The van der Waals surface area contributed by atoms with Crippen molar-refractivity contribution in [3.8, 4) is 5.75 Å². The maximum atomic E-state index is 12.4. The second-order valence-electron chi connectivity index (χ2n) is 8.22. The number of nitrogens with zero attached hydrogens (tertiary/aromatic N) is 4. The van der Waals surface area contributed by atoms with Crippen LogP contribution in [0.5, 0.6) is 5.75 Å². The summed E-state index contributed by atoms with van der Waals surface area (Å²) >= 11 is 0.219. The minimum absolute atomic E-state index is 0.122. The third kappa shape index (κ3) is 6.28. The lowest BCUT2D eigenvalue weighted by Crippen LogP contribution is -2.03. The molecule has 0 atom stereocenters. The Balaban J connectivity index is 2.05. The Morgan fingerprint density at radius 1 is 0.814 bits per heavy atom. The van der Waals surface area contributed by atoms with Gasteiger partial charge in [-0.3, -0.25) is 13.7 Å². The van der Waals surface area contributed by atoms with E-state index in [1.807, 2.05) is 0 Å². The molecule has 0 aliphatic heterocycles. The van der Waals surface area contributed by atoms with E-state index in [1.54, 1.807) is 0 Å². The highest BCUT2D eigenvalue weighted by Crippen LogP contribution is 2.49. The summed E-state index contributed by atoms with van der Waals surface area (Å²) in [5, 5.41) is 37.0. The molecule has 0 bridgehead atoms. The van der Waals surface area contributed by atoms with Crippen molar-refractivity contribution in [2.24, 2.45) is 20.5 Å². The van der Waals surface area contributed by atoms with E-state index < -0.39 is 73.5 Å². The van der Waals surface area contributed by atoms with Crippen molar-refractivity contribution < 1.29 is 58.6 Å². The third-order valence-corrected chi connectivity index (χ3v) is 9.03. The topological polar surface area (TPSA) is 297 Å². The van der Waals surface area contributed by atoms with Crippen molar-refractivity contribution in [2.75, 3.05) is 12.8 Å². The van der Waals surface area contributed by atoms with Gasteiger partial charge in [0.05, 0.1) is 28.0 Å². The Bertz CT molecular complexity index is 2190. The predicted molar refractivity (Wildman–Crippen MR) is 149 cm³/mol. The fraction of sp³-hybridized carbons (Fsp3) is 0.0476. The van der Waals surface area contributed by atoms with E-state index in [2.05, 4.69) is 29.8 Å². The molecule has 0 aliphatic rings. The van der Waals surface area contributed by atoms with Crippen LogP contribution >= 0.6 is 12.0 Å². The van der Waals surface area contributed by atoms with Crippen molar-refractivity contribution in [1.29, 1.82) is 0 Å². The average molecular weight is 676 g/mol. The number of benzene rings is 4. The van der Waals surface area contributed by atoms with E-state index in [9.17, 15) is 44.0 Å². The highest BCUT2D eigenvalue weighted by atomic mass is 32.2. The van der Waals surface area contributed by atoms with Gasteiger partial charge in [-0.1, -0.05) is 23.2 Å². The zero-order chi connectivity index (χ0) is 31.9. The van der Waals surface area contributed by atoms with E-state index in [-0.39, 0.29) is 38.5 Å². The molecule has 0 aliphatic carbocycles. The smallest absolute Gasteiger partial charge is 0.297 e. The molecule has 0 saturated carbocycles. The number of phenolic OH excluding ortho intramolecular Hbond substituents is 1. The number of aromatic hydroxyl groups is 1. The number of rotatable bonds is 9. The molecule has 7 N–H and O–H groups in total. The molecule has 4 rings (SSSR count). The molecule has 0 aromatic heterocycles. The molecular formula is C21H17N5O13S4. The number of phenols is 1. The SMILES string of the molecule is CN=Nc1c(S(=O)(=O)O)cc2cc(SOOO)c(/N=N\c3ccc4c(S(=O)(=O)O)cccc4c3S(=O)(=O)O)c(O)c2c1N. The molecule has 0 spiro atoms. The first-order valence-electron chi connectivity index (χ1n) is 11.0. The van der Waals surface area contributed by atoms with Gasteiger partial charge in [0.2, 0.25) is 0 Å². The highest BCUT2D eigenvalue weighted by molar-refractivity contribution is 7.94. The number of nitrogen functional groups attached to an aromatic ring is 1. The standard InChI is InChI=1S/C21H17N5O13S4/c1-23-25-19-15(42(32,33)34)8-9-7-13(40-39-38-28)18(20(27)16(9)17(19)22)26-24-12-6-5-10-11(21(12)43(35,36)37)3-2-4-14(10)41(29,30)31/h2-8,27-28H,22H2,1H3,(H,29,30,31)(H,32,33,34)(H,35,36,37)/b25-23?,26-24-. The van der Waals surface area contributed by atoms with Crippen LogP contribution in [0.15, 0.2) is 82.5 Å². The Labute approximate surface area is 245 Å². The summed E-state index contributed by atoms with van der Waals surface area (Å²) in [7, 11) is -13.7. The van der Waals surface area contributed by atoms with Crippen molar-refractivity contribution in [3.63, 3.8) is 0 Å². The largest absolute Gasteiger partial charge is 0.505 e. The minimum Gasteiger partial charge on any atom is -0.505 e. The molecular weight excluding hydrogens is 659 g/mol. The van der Waals surface area contributed by atoms with Gasteiger partial charge in [0.25, 0.3) is 30.4 Å². The molecule has 18 nitrogen and oxygen atoms in total. The lowest BCUT2D eigenvalue weighted by Gasteiger charge is -2.14. The molecule has 228 valence electrons. The first-order chi connectivity index (χ1) is 20.0. The molecule has 0 fully saturated rings. The van der Waals surface area contributed by atoms with Gasteiger partial charge in [0.15, 0.2) is 5.75 Å². The van der Waals surface area contributed by atoms with Gasteiger partial charge < -0.3 is 10.8 Å². The molecule has 4 aromatic carbocycles. The summed E-state index contributed by atoms with van der Waals surface area (Å²) < 4.78 is 106. The fourth-order valence-corrected chi connectivity index (χ4v) is 6.79. The van der Waals surface area contributed by atoms with E-state index in [0.29, 0.717) is 0 Å². The van der Waals surface area contributed by atoms with E-state index in [0.717, 1.165) is 42.5 Å². The Morgan fingerprint density at radius 3 is 2.07 bits per heavy atom. The van der Waals surface area contributed by atoms with E-state index in [4.69, 9.17) is 11.0 Å². The van der Waals surface area contributed by atoms with E-state index >= 15 is 0 Å². The Kier molecular flexibility index (Phi) is 8.72. The summed E-state index contributed by atoms with van der Waals surface area (Å²) in [6, 6.07) is 7.27. The van der Waals surface area contributed by atoms with Gasteiger partial charge in [-0.05, 0) is 29.7 Å². The van der Waals surface area contributed by atoms with Crippen LogP contribution in [0.1, 0.15) is 0 Å². The van der Waals surface area contributed by atoms with Crippen molar-refractivity contribution >= 4 is 86.7 Å². The second kappa shape index (κ2) is 11.7. The predicted octanol–water partition coefficient (Wildman–Crippen LogP) is 4.58. The zero-order valence-corrected chi connectivity index (χ0v) is 24.3. The number of fused-ring (bicyclic) bond motifs is 2. The van der Waals surface area contributed by atoms with Gasteiger partial charge in [0, 0.05) is 17.8 Å². The minimum atomic E-state index is -5.13. The average Bonchev–Trinajstić information content (AvgIpc) is 2.90. The number of hydrogen-bond donors (Lipinski definition) is 6. The normalized spacial score (nSPS) is 13.1. The van der Waals surface area contributed by atoms with Gasteiger partial charge in [-0.2, -0.15) is 35.5 Å². The maximum absolute atomic E-state index is 12.4. The van der Waals surface area contributed by atoms with Gasteiger partial charge in [-0.15, -0.1) is 14.6 Å².